The van der Waals surface area contributed by atoms with Crippen molar-refractivity contribution in [1.82, 2.24) is 10.6 Å². The number of aliphatic hydroxyl groups is 1. The van der Waals surface area contributed by atoms with Gasteiger partial charge in [-0.1, -0.05) is 23.2 Å². The van der Waals surface area contributed by atoms with Crippen LogP contribution in [0.2, 0.25) is 10.0 Å². The summed E-state index contributed by atoms with van der Waals surface area (Å²) in [6, 6.07) is 5.01. The molecule has 0 saturated heterocycles. The predicted octanol–water partition coefficient (Wildman–Crippen LogP) is 2.60. The van der Waals surface area contributed by atoms with E-state index in [1.54, 1.807) is 18.2 Å². The maximum Gasteiger partial charge on any atom is 0.191 e. The van der Waals surface area contributed by atoms with Gasteiger partial charge in [-0.3, -0.25) is 4.99 Å². The Morgan fingerprint density at radius 2 is 1.68 bits per heavy atom. The van der Waals surface area contributed by atoms with E-state index in [9.17, 15) is 5.11 Å². The molecule has 1 unspecified atom stereocenters. The lowest BCUT2D eigenvalue weighted by atomic mass is 10.1. The SMILES string of the molecule is CCNC(=NCC(O)c1cc(Cl)cc(Cl)c1)NCC. The molecule has 0 spiro atoms. The van der Waals surface area contributed by atoms with Gasteiger partial charge >= 0.3 is 0 Å². The van der Waals surface area contributed by atoms with Crippen LogP contribution in [0.3, 0.4) is 0 Å². The first kappa shape index (κ1) is 16.1. The Morgan fingerprint density at radius 1 is 1.16 bits per heavy atom. The number of hydrogen-bond acceptors (Lipinski definition) is 2. The van der Waals surface area contributed by atoms with Gasteiger partial charge in [-0.2, -0.15) is 0 Å². The van der Waals surface area contributed by atoms with Crippen molar-refractivity contribution in [2.45, 2.75) is 20.0 Å². The summed E-state index contributed by atoms with van der Waals surface area (Å²) in [5.41, 5.74) is 0.661. The number of aliphatic hydroxyl groups excluding tert-OH is 1. The fourth-order valence-electron chi connectivity index (χ4n) is 1.56. The van der Waals surface area contributed by atoms with Crippen LogP contribution in [0.15, 0.2) is 23.2 Å². The first-order chi connectivity index (χ1) is 9.06. The molecule has 0 aliphatic rings. The van der Waals surface area contributed by atoms with Gasteiger partial charge in [0.15, 0.2) is 5.96 Å². The van der Waals surface area contributed by atoms with Crippen molar-refractivity contribution < 1.29 is 5.11 Å². The zero-order valence-corrected chi connectivity index (χ0v) is 12.6. The average molecular weight is 304 g/mol. The predicted molar refractivity (Wildman–Crippen MR) is 81.1 cm³/mol. The molecule has 0 radical (unpaired) electrons. The van der Waals surface area contributed by atoms with Crippen molar-refractivity contribution in [3.8, 4) is 0 Å². The number of guanidine groups is 1. The molecule has 0 bridgehead atoms. The molecule has 0 saturated carbocycles. The summed E-state index contributed by atoms with van der Waals surface area (Å²) >= 11 is 11.8. The third kappa shape index (κ3) is 5.68. The van der Waals surface area contributed by atoms with Gasteiger partial charge in [0.1, 0.15) is 0 Å². The lowest BCUT2D eigenvalue weighted by molar-refractivity contribution is 0.187. The minimum absolute atomic E-state index is 0.242. The summed E-state index contributed by atoms with van der Waals surface area (Å²) in [4.78, 5) is 4.30. The van der Waals surface area contributed by atoms with Crippen LogP contribution >= 0.6 is 23.2 Å². The van der Waals surface area contributed by atoms with Gasteiger partial charge < -0.3 is 15.7 Å². The van der Waals surface area contributed by atoms with Crippen molar-refractivity contribution in [3.63, 3.8) is 0 Å². The Morgan fingerprint density at radius 3 is 2.16 bits per heavy atom. The number of nitrogens with zero attached hydrogens (tertiary/aromatic N) is 1. The molecule has 0 amide bonds. The summed E-state index contributed by atoms with van der Waals surface area (Å²) in [5.74, 6) is 0.678. The molecule has 0 aliphatic carbocycles. The molecule has 19 heavy (non-hydrogen) atoms. The molecule has 106 valence electrons. The van der Waals surface area contributed by atoms with Gasteiger partial charge in [0.05, 0.1) is 12.6 Å². The Hall–Kier alpha value is -0.970. The first-order valence-electron chi connectivity index (χ1n) is 6.23. The van der Waals surface area contributed by atoms with E-state index in [4.69, 9.17) is 23.2 Å². The number of nitrogens with one attached hydrogen (secondary N) is 2. The molecule has 6 heteroatoms. The number of hydrogen-bond donors (Lipinski definition) is 3. The number of aliphatic imine (C=N–C) groups is 1. The van der Waals surface area contributed by atoms with E-state index in [2.05, 4.69) is 15.6 Å². The fraction of sp³-hybridized carbons (Fsp3) is 0.462. The molecule has 0 heterocycles. The molecule has 1 aromatic rings. The van der Waals surface area contributed by atoms with Gasteiger partial charge in [-0.25, -0.2) is 0 Å². The maximum atomic E-state index is 10.1. The van der Waals surface area contributed by atoms with Crippen LogP contribution in [0.5, 0.6) is 0 Å². The lowest BCUT2D eigenvalue weighted by Gasteiger charge is -2.12. The van der Waals surface area contributed by atoms with Crippen molar-refractivity contribution in [2.75, 3.05) is 19.6 Å². The summed E-state index contributed by atoms with van der Waals surface area (Å²) < 4.78 is 0. The summed E-state index contributed by atoms with van der Waals surface area (Å²) in [7, 11) is 0. The van der Waals surface area contributed by atoms with Crippen LogP contribution in [-0.2, 0) is 0 Å². The van der Waals surface area contributed by atoms with Gasteiger partial charge in [0.25, 0.3) is 0 Å². The highest BCUT2D eigenvalue weighted by Gasteiger charge is 2.09. The third-order valence-electron chi connectivity index (χ3n) is 2.38. The molecule has 0 aliphatic heterocycles. The third-order valence-corrected chi connectivity index (χ3v) is 2.82. The lowest BCUT2D eigenvalue weighted by Crippen LogP contribution is -2.37. The Labute approximate surface area is 123 Å². The zero-order valence-electron chi connectivity index (χ0n) is 11.1. The Kier molecular flexibility index (Phi) is 6.99. The summed E-state index contributed by atoms with van der Waals surface area (Å²) in [5, 5.41) is 17.3. The molecule has 1 aromatic carbocycles. The van der Waals surface area contributed by atoms with Gasteiger partial charge in [0, 0.05) is 23.1 Å². The van der Waals surface area contributed by atoms with E-state index >= 15 is 0 Å². The second kappa shape index (κ2) is 8.25. The van der Waals surface area contributed by atoms with Crippen LogP contribution in [0.25, 0.3) is 0 Å². The molecule has 0 aromatic heterocycles. The summed E-state index contributed by atoms with van der Waals surface area (Å²) in [6.45, 7) is 5.75. The summed E-state index contributed by atoms with van der Waals surface area (Å²) in [6.07, 6.45) is -0.733. The zero-order chi connectivity index (χ0) is 14.3. The van der Waals surface area contributed by atoms with Crippen LogP contribution in [0.1, 0.15) is 25.5 Å². The second-order valence-corrected chi connectivity index (χ2v) is 4.84. The Balaban J connectivity index is 2.72. The van der Waals surface area contributed by atoms with E-state index in [1.807, 2.05) is 13.8 Å². The van der Waals surface area contributed by atoms with E-state index in [0.29, 0.717) is 21.6 Å². The monoisotopic (exact) mass is 303 g/mol. The van der Waals surface area contributed by atoms with Crippen LogP contribution in [0.4, 0.5) is 0 Å². The average Bonchev–Trinajstić information content (AvgIpc) is 2.35. The standard InChI is InChI=1S/C13H19Cl2N3O/c1-3-16-13(17-4-2)18-8-12(19)9-5-10(14)7-11(15)6-9/h5-7,12,19H,3-4,8H2,1-2H3,(H2,16,17,18). The Bertz CT molecular complexity index is 410. The normalized spacial score (nSPS) is 11.8. The smallest absolute Gasteiger partial charge is 0.191 e. The first-order valence-corrected chi connectivity index (χ1v) is 6.98. The molecule has 0 fully saturated rings. The van der Waals surface area contributed by atoms with Crippen molar-refractivity contribution in [1.29, 1.82) is 0 Å². The van der Waals surface area contributed by atoms with Crippen LogP contribution in [-0.4, -0.2) is 30.7 Å². The van der Waals surface area contributed by atoms with Crippen LogP contribution in [0, 0.1) is 0 Å². The largest absolute Gasteiger partial charge is 0.386 e. The molecular formula is C13H19Cl2N3O. The highest BCUT2D eigenvalue weighted by molar-refractivity contribution is 6.34. The highest BCUT2D eigenvalue weighted by Crippen LogP contribution is 2.23. The van der Waals surface area contributed by atoms with Crippen molar-refractivity contribution in [2.24, 2.45) is 4.99 Å². The fourth-order valence-corrected chi connectivity index (χ4v) is 2.10. The van der Waals surface area contributed by atoms with Gasteiger partial charge in [0.2, 0.25) is 0 Å². The molecule has 4 nitrogen and oxygen atoms in total. The van der Waals surface area contributed by atoms with Gasteiger partial charge in [-0.15, -0.1) is 0 Å². The number of benzene rings is 1. The highest BCUT2D eigenvalue weighted by atomic mass is 35.5. The number of halogens is 2. The van der Waals surface area contributed by atoms with Crippen molar-refractivity contribution >= 4 is 29.2 Å². The molecule has 1 rings (SSSR count). The molecule has 1 atom stereocenters. The number of rotatable bonds is 5. The topological polar surface area (TPSA) is 56.7 Å². The molecular weight excluding hydrogens is 285 g/mol. The quantitative estimate of drug-likeness (QED) is 0.579. The van der Waals surface area contributed by atoms with Crippen molar-refractivity contribution in [3.05, 3.63) is 33.8 Å². The van der Waals surface area contributed by atoms with E-state index < -0.39 is 6.10 Å². The maximum absolute atomic E-state index is 10.1. The van der Waals surface area contributed by atoms with E-state index in [-0.39, 0.29) is 6.54 Å². The van der Waals surface area contributed by atoms with Gasteiger partial charge in [-0.05, 0) is 37.6 Å². The van der Waals surface area contributed by atoms with E-state index in [0.717, 1.165) is 13.1 Å². The van der Waals surface area contributed by atoms with E-state index in [1.165, 1.54) is 0 Å². The molecule has 3 N–H and O–H groups in total. The minimum atomic E-state index is -0.733. The van der Waals surface area contributed by atoms with Crippen LogP contribution < -0.4 is 10.6 Å². The second-order valence-electron chi connectivity index (χ2n) is 3.97. The minimum Gasteiger partial charge on any atom is -0.386 e.